The lowest BCUT2D eigenvalue weighted by molar-refractivity contribution is -0.124. The largest absolute Gasteiger partial charge is 0.356 e. The molecule has 1 aliphatic heterocycles. The standard InChI is InChI=1S/C16H31N3O/c1-15(7-9-18-10-8-15)13-19-14(20)11-16(12-17)5-3-2-4-6-16/h18H,2-13,17H2,1H3,(H,19,20). The van der Waals surface area contributed by atoms with Crippen molar-refractivity contribution in [1.29, 1.82) is 0 Å². The van der Waals surface area contributed by atoms with Gasteiger partial charge in [0.25, 0.3) is 0 Å². The summed E-state index contributed by atoms with van der Waals surface area (Å²) in [5.41, 5.74) is 6.31. The van der Waals surface area contributed by atoms with E-state index in [1.54, 1.807) is 0 Å². The van der Waals surface area contributed by atoms with Crippen LogP contribution < -0.4 is 16.4 Å². The van der Waals surface area contributed by atoms with E-state index in [2.05, 4.69) is 17.6 Å². The predicted molar refractivity (Wildman–Crippen MR) is 82.4 cm³/mol. The van der Waals surface area contributed by atoms with Crippen LogP contribution in [-0.2, 0) is 4.79 Å². The Labute approximate surface area is 123 Å². The first-order valence-corrected chi connectivity index (χ1v) is 8.25. The van der Waals surface area contributed by atoms with Crippen molar-refractivity contribution in [3.63, 3.8) is 0 Å². The molecule has 0 aromatic rings. The van der Waals surface area contributed by atoms with Gasteiger partial charge in [-0.25, -0.2) is 0 Å². The zero-order chi connectivity index (χ0) is 14.5. The summed E-state index contributed by atoms with van der Waals surface area (Å²) in [7, 11) is 0. The van der Waals surface area contributed by atoms with Crippen molar-refractivity contribution in [2.24, 2.45) is 16.6 Å². The number of carbonyl (C=O) groups excluding carboxylic acids is 1. The van der Waals surface area contributed by atoms with Gasteiger partial charge in [-0.05, 0) is 56.1 Å². The second-order valence-electron chi connectivity index (χ2n) is 7.28. The van der Waals surface area contributed by atoms with E-state index in [0.29, 0.717) is 13.0 Å². The molecular formula is C16H31N3O. The summed E-state index contributed by atoms with van der Waals surface area (Å²) in [6, 6.07) is 0. The number of rotatable bonds is 5. The molecule has 0 aromatic carbocycles. The molecule has 0 atom stereocenters. The number of hydrogen-bond donors (Lipinski definition) is 3. The van der Waals surface area contributed by atoms with Gasteiger partial charge >= 0.3 is 0 Å². The molecule has 4 heteroatoms. The summed E-state index contributed by atoms with van der Waals surface area (Å²) in [5.74, 6) is 0.206. The first-order valence-electron chi connectivity index (χ1n) is 8.25. The molecule has 1 saturated heterocycles. The van der Waals surface area contributed by atoms with Gasteiger partial charge in [-0.1, -0.05) is 26.2 Å². The van der Waals surface area contributed by atoms with Gasteiger partial charge in [-0.2, -0.15) is 0 Å². The second kappa shape index (κ2) is 6.90. The molecule has 1 amide bonds. The number of carbonyl (C=O) groups is 1. The molecule has 4 nitrogen and oxygen atoms in total. The van der Waals surface area contributed by atoms with E-state index in [9.17, 15) is 4.79 Å². The molecule has 116 valence electrons. The molecule has 20 heavy (non-hydrogen) atoms. The van der Waals surface area contributed by atoms with E-state index in [4.69, 9.17) is 5.73 Å². The van der Waals surface area contributed by atoms with Crippen LogP contribution in [-0.4, -0.2) is 32.1 Å². The van der Waals surface area contributed by atoms with Gasteiger partial charge in [0.15, 0.2) is 0 Å². The lowest BCUT2D eigenvalue weighted by Gasteiger charge is -2.37. The summed E-state index contributed by atoms with van der Waals surface area (Å²) in [4.78, 5) is 12.3. The number of amides is 1. The van der Waals surface area contributed by atoms with E-state index in [1.807, 2.05) is 0 Å². The van der Waals surface area contributed by atoms with Crippen molar-refractivity contribution in [2.75, 3.05) is 26.2 Å². The topological polar surface area (TPSA) is 67.2 Å². The number of nitrogens with one attached hydrogen (secondary N) is 2. The van der Waals surface area contributed by atoms with E-state index in [1.165, 1.54) is 19.3 Å². The average molecular weight is 281 g/mol. The molecule has 1 saturated carbocycles. The fourth-order valence-electron chi connectivity index (χ4n) is 3.68. The van der Waals surface area contributed by atoms with Crippen LogP contribution in [0.2, 0.25) is 0 Å². The lowest BCUT2D eigenvalue weighted by atomic mass is 9.71. The van der Waals surface area contributed by atoms with Gasteiger partial charge in [0.1, 0.15) is 0 Å². The van der Waals surface area contributed by atoms with E-state index < -0.39 is 0 Å². The highest BCUT2D eigenvalue weighted by Crippen LogP contribution is 2.38. The molecule has 0 aromatic heterocycles. The molecule has 1 heterocycles. The van der Waals surface area contributed by atoms with Gasteiger partial charge in [0.05, 0.1) is 0 Å². The maximum Gasteiger partial charge on any atom is 0.220 e. The van der Waals surface area contributed by atoms with Crippen molar-refractivity contribution in [1.82, 2.24) is 10.6 Å². The third-order valence-corrected chi connectivity index (χ3v) is 5.41. The van der Waals surface area contributed by atoms with Crippen LogP contribution >= 0.6 is 0 Å². The fourth-order valence-corrected chi connectivity index (χ4v) is 3.68. The van der Waals surface area contributed by atoms with Crippen LogP contribution in [0.4, 0.5) is 0 Å². The third kappa shape index (κ3) is 4.19. The zero-order valence-electron chi connectivity index (χ0n) is 13.0. The highest BCUT2D eigenvalue weighted by atomic mass is 16.1. The van der Waals surface area contributed by atoms with Gasteiger partial charge in [-0.15, -0.1) is 0 Å². The first-order chi connectivity index (χ1) is 9.58. The second-order valence-corrected chi connectivity index (χ2v) is 7.28. The number of nitrogens with two attached hydrogens (primary N) is 1. The normalized spacial score (nSPS) is 25.1. The Balaban J connectivity index is 1.79. The molecule has 1 aliphatic carbocycles. The Bertz CT molecular complexity index is 318. The van der Waals surface area contributed by atoms with Crippen molar-refractivity contribution in [2.45, 2.75) is 58.3 Å². The van der Waals surface area contributed by atoms with Crippen molar-refractivity contribution >= 4 is 5.91 Å². The molecule has 4 N–H and O–H groups in total. The Morgan fingerprint density at radius 2 is 1.80 bits per heavy atom. The minimum Gasteiger partial charge on any atom is -0.356 e. The van der Waals surface area contributed by atoms with E-state index in [0.717, 1.165) is 45.3 Å². The summed E-state index contributed by atoms with van der Waals surface area (Å²) < 4.78 is 0. The molecule has 2 rings (SSSR count). The first kappa shape index (κ1) is 15.8. The lowest BCUT2D eigenvalue weighted by Crippen LogP contribution is -2.45. The average Bonchev–Trinajstić information content (AvgIpc) is 2.47. The number of hydrogen-bond acceptors (Lipinski definition) is 3. The predicted octanol–water partition coefficient (Wildman–Crippen LogP) is 1.79. The highest BCUT2D eigenvalue weighted by Gasteiger charge is 2.34. The van der Waals surface area contributed by atoms with E-state index in [-0.39, 0.29) is 16.7 Å². The summed E-state index contributed by atoms with van der Waals surface area (Å²) in [6.07, 6.45) is 8.93. The van der Waals surface area contributed by atoms with Crippen LogP contribution in [0.3, 0.4) is 0 Å². The SMILES string of the molecule is CC1(CNC(=O)CC2(CN)CCCCC2)CCNCC1. The minimum absolute atomic E-state index is 0.0807. The van der Waals surface area contributed by atoms with Gasteiger partial charge in [0.2, 0.25) is 5.91 Å². The zero-order valence-corrected chi connectivity index (χ0v) is 13.0. The maximum absolute atomic E-state index is 12.3. The highest BCUT2D eigenvalue weighted by molar-refractivity contribution is 5.76. The molecule has 0 spiro atoms. The Morgan fingerprint density at radius 1 is 1.15 bits per heavy atom. The quantitative estimate of drug-likeness (QED) is 0.720. The van der Waals surface area contributed by atoms with Gasteiger partial charge in [0, 0.05) is 13.0 Å². The smallest absolute Gasteiger partial charge is 0.220 e. The Morgan fingerprint density at radius 3 is 2.40 bits per heavy atom. The molecule has 0 radical (unpaired) electrons. The summed E-state index contributed by atoms with van der Waals surface area (Å²) in [5, 5.41) is 6.56. The van der Waals surface area contributed by atoms with Crippen molar-refractivity contribution in [3.8, 4) is 0 Å². The van der Waals surface area contributed by atoms with Crippen LogP contribution in [0.15, 0.2) is 0 Å². The van der Waals surface area contributed by atoms with Gasteiger partial charge < -0.3 is 16.4 Å². The van der Waals surface area contributed by atoms with Gasteiger partial charge in [-0.3, -0.25) is 4.79 Å². The van der Waals surface area contributed by atoms with Crippen LogP contribution in [0.25, 0.3) is 0 Å². The summed E-state index contributed by atoms with van der Waals surface area (Å²) in [6.45, 7) is 5.89. The van der Waals surface area contributed by atoms with E-state index >= 15 is 0 Å². The number of piperidine rings is 1. The van der Waals surface area contributed by atoms with Crippen LogP contribution in [0, 0.1) is 10.8 Å². The fraction of sp³-hybridized carbons (Fsp3) is 0.938. The third-order valence-electron chi connectivity index (χ3n) is 5.41. The molecule has 2 aliphatic rings. The van der Waals surface area contributed by atoms with Crippen LogP contribution in [0.1, 0.15) is 58.3 Å². The van der Waals surface area contributed by atoms with Crippen molar-refractivity contribution in [3.05, 3.63) is 0 Å². The minimum atomic E-state index is 0.0807. The Kier molecular flexibility index (Phi) is 5.44. The van der Waals surface area contributed by atoms with Crippen molar-refractivity contribution < 1.29 is 4.79 Å². The molecule has 2 fully saturated rings. The molecular weight excluding hydrogens is 250 g/mol. The maximum atomic E-state index is 12.3. The van der Waals surface area contributed by atoms with Crippen LogP contribution in [0.5, 0.6) is 0 Å². The molecule has 0 unspecified atom stereocenters. The monoisotopic (exact) mass is 281 g/mol. The Hall–Kier alpha value is -0.610. The summed E-state index contributed by atoms with van der Waals surface area (Å²) >= 11 is 0. The molecule has 0 bridgehead atoms.